The zero-order chi connectivity index (χ0) is 13.7. The van der Waals surface area contributed by atoms with Crippen LogP contribution in [-0.4, -0.2) is 20.1 Å². The Morgan fingerprint density at radius 2 is 2.11 bits per heavy atom. The molecule has 0 aliphatic carbocycles. The maximum absolute atomic E-state index is 9.22. The number of aliphatic hydroxyl groups excluding tert-OH is 1. The summed E-state index contributed by atoms with van der Waals surface area (Å²) in [6.07, 6.45) is 1.71. The van der Waals surface area contributed by atoms with Crippen molar-refractivity contribution in [2.75, 3.05) is 0 Å². The summed E-state index contributed by atoms with van der Waals surface area (Å²) < 4.78 is 7.28. The number of aliphatic hydroxyl groups is 1. The fourth-order valence-electron chi connectivity index (χ4n) is 1.60. The highest BCUT2D eigenvalue weighted by molar-refractivity contribution is 6.30. The average Bonchev–Trinajstić information content (AvgIpc) is 2.81. The largest absolute Gasteiger partial charge is 0.487 e. The summed E-state index contributed by atoms with van der Waals surface area (Å²) in [6.45, 7) is 4.28. The normalized spacial score (nSPS) is 10.4. The first kappa shape index (κ1) is 13.6. The maximum atomic E-state index is 9.22. The van der Waals surface area contributed by atoms with Crippen molar-refractivity contribution in [1.29, 1.82) is 0 Å². The third kappa shape index (κ3) is 3.33. The van der Waals surface area contributed by atoms with Crippen molar-refractivity contribution in [3.05, 3.63) is 53.3 Å². The number of nitrogens with zero attached hydrogens (tertiary/aromatic N) is 3. The van der Waals surface area contributed by atoms with Gasteiger partial charge < -0.3 is 9.84 Å². The summed E-state index contributed by atoms with van der Waals surface area (Å²) in [4.78, 5) is 0. The molecule has 0 bridgehead atoms. The third-order valence-electron chi connectivity index (χ3n) is 2.56. The molecule has 19 heavy (non-hydrogen) atoms. The highest BCUT2D eigenvalue weighted by Gasteiger charge is 2.12. The first-order valence-corrected chi connectivity index (χ1v) is 6.13. The van der Waals surface area contributed by atoms with Gasteiger partial charge in [-0.2, -0.15) is 0 Å². The molecule has 100 valence electrons. The molecule has 0 saturated carbocycles. The van der Waals surface area contributed by atoms with Crippen LogP contribution in [-0.2, 0) is 19.8 Å². The molecule has 5 nitrogen and oxygen atoms in total. The minimum atomic E-state index is -0.170. The number of allylic oxidation sites excluding steroid dienone is 1. The predicted molar refractivity (Wildman–Crippen MR) is 71.9 cm³/mol. The van der Waals surface area contributed by atoms with E-state index in [9.17, 15) is 5.11 Å². The van der Waals surface area contributed by atoms with Crippen LogP contribution in [0.2, 0.25) is 5.02 Å². The second-order valence-corrected chi connectivity index (χ2v) is 4.29. The first-order chi connectivity index (χ1) is 9.24. The lowest BCUT2D eigenvalue weighted by Gasteiger charge is -2.08. The van der Waals surface area contributed by atoms with Gasteiger partial charge in [-0.15, -0.1) is 11.7 Å². The Hall–Kier alpha value is -1.85. The molecule has 2 rings (SSSR count). The summed E-state index contributed by atoms with van der Waals surface area (Å²) in [7, 11) is 0. The van der Waals surface area contributed by atoms with Crippen molar-refractivity contribution in [1.82, 2.24) is 15.0 Å². The van der Waals surface area contributed by atoms with Crippen molar-refractivity contribution >= 4 is 11.6 Å². The fourth-order valence-corrected chi connectivity index (χ4v) is 1.73. The highest BCUT2D eigenvalue weighted by atomic mass is 35.5. The van der Waals surface area contributed by atoms with E-state index in [2.05, 4.69) is 16.9 Å². The summed E-state index contributed by atoms with van der Waals surface area (Å²) in [5.41, 5.74) is 1.24. The third-order valence-corrected chi connectivity index (χ3v) is 2.81. The standard InChI is InChI=1S/C13H14ClN3O2/c1-2-7-17-13(12(8-18)15-16-17)9-19-11-5-3-10(14)4-6-11/h2-6,18H,1,7-9H2. The Kier molecular flexibility index (Phi) is 4.54. The Bertz CT molecular complexity index is 552. The number of hydrogen-bond donors (Lipinski definition) is 1. The molecule has 1 heterocycles. The molecule has 0 amide bonds. The monoisotopic (exact) mass is 279 g/mol. The van der Waals surface area contributed by atoms with Crippen LogP contribution in [0, 0.1) is 0 Å². The van der Waals surface area contributed by atoms with Crippen LogP contribution in [0.5, 0.6) is 5.75 Å². The van der Waals surface area contributed by atoms with Gasteiger partial charge in [-0.3, -0.25) is 0 Å². The van der Waals surface area contributed by atoms with Gasteiger partial charge in [0.2, 0.25) is 0 Å². The molecule has 0 aliphatic heterocycles. The first-order valence-electron chi connectivity index (χ1n) is 5.76. The summed E-state index contributed by atoms with van der Waals surface area (Å²) in [5.74, 6) is 0.694. The number of benzene rings is 1. The Morgan fingerprint density at radius 1 is 1.37 bits per heavy atom. The lowest BCUT2D eigenvalue weighted by molar-refractivity contribution is 0.262. The number of aromatic nitrogens is 3. The van der Waals surface area contributed by atoms with E-state index in [1.54, 1.807) is 35.0 Å². The molecule has 6 heteroatoms. The summed E-state index contributed by atoms with van der Waals surface area (Å²) >= 11 is 5.80. The van der Waals surface area contributed by atoms with E-state index in [1.165, 1.54) is 0 Å². The molecule has 0 aliphatic rings. The van der Waals surface area contributed by atoms with Crippen molar-refractivity contribution in [2.24, 2.45) is 0 Å². The van der Waals surface area contributed by atoms with E-state index in [-0.39, 0.29) is 13.2 Å². The van der Waals surface area contributed by atoms with Crippen LogP contribution in [0.25, 0.3) is 0 Å². The molecule has 0 spiro atoms. The minimum absolute atomic E-state index is 0.170. The Balaban J connectivity index is 2.11. The van der Waals surface area contributed by atoms with Crippen LogP contribution < -0.4 is 4.74 Å². The van der Waals surface area contributed by atoms with Crippen LogP contribution in [0.4, 0.5) is 0 Å². The van der Waals surface area contributed by atoms with Gasteiger partial charge >= 0.3 is 0 Å². The van der Waals surface area contributed by atoms with E-state index in [0.29, 0.717) is 23.0 Å². The van der Waals surface area contributed by atoms with Crippen molar-refractivity contribution < 1.29 is 9.84 Å². The molecule has 0 atom stereocenters. The number of hydrogen-bond acceptors (Lipinski definition) is 4. The Morgan fingerprint density at radius 3 is 2.74 bits per heavy atom. The van der Waals surface area contributed by atoms with E-state index in [0.717, 1.165) is 5.69 Å². The fraction of sp³-hybridized carbons (Fsp3) is 0.231. The second kappa shape index (κ2) is 6.36. The molecule has 1 aromatic carbocycles. The van der Waals surface area contributed by atoms with Gasteiger partial charge in [0.1, 0.15) is 23.7 Å². The van der Waals surface area contributed by atoms with Gasteiger partial charge in [0, 0.05) is 5.02 Å². The molecule has 0 saturated heterocycles. The molecular formula is C13H14ClN3O2. The van der Waals surface area contributed by atoms with Gasteiger partial charge in [0.15, 0.2) is 0 Å². The van der Waals surface area contributed by atoms with E-state index in [1.807, 2.05) is 0 Å². The smallest absolute Gasteiger partial charge is 0.132 e. The topological polar surface area (TPSA) is 60.2 Å². The highest BCUT2D eigenvalue weighted by Crippen LogP contribution is 2.17. The number of rotatable bonds is 6. The molecule has 2 aromatic rings. The predicted octanol–water partition coefficient (Wildman–Crippen LogP) is 2.19. The number of ether oxygens (including phenoxy) is 1. The van der Waals surface area contributed by atoms with Gasteiger partial charge in [-0.05, 0) is 24.3 Å². The zero-order valence-corrected chi connectivity index (χ0v) is 11.0. The lowest BCUT2D eigenvalue weighted by atomic mass is 10.3. The quantitative estimate of drug-likeness (QED) is 0.824. The van der Waals surface area contributed by atoms with Gasteiger partial charge in [-0.1, -0.05) is 22.9 Å². The van der Waals surface area contributed by atoms with E-state index < -0.39 is 0 Å². The van der Waals surface area contributed by atoms with Gasteiger partial charge in [0.05, 0.1) is 13.2 Å². The second-order valence-electron chi connectivity index (χ2n) is 3.85. The molecule has 1 N–H and O–H groups in total. The van der Waals surface area contributed by atoms with Crippen LogP contribution in [0.3, 0.4) is 0 Å². The molecular weight excluding hydrogens is 266 g/mol. The maximum Gasteiger partial charge on any atom is 0.132 e. The molecule has 1 aromatic heterocycles. The van der Waals surface area contributed by atoms with Crippen LogP contribution >= 0.6 is 11.6 Å². The Labute approximate surface area is 116 Å². The van der Waals surface area contributed by atoms with Crippen LogP contribution in [0.1, 0.15) is 11.4 Å². The van der Waals surface area contributed by atoms with Crippen molar-refractivity contribution in [3.8, 4) is 5.75 Å². The number of halogens is 1. The van der Waals surface area contributed by atoms with Gasteiger partial charge in [-0.25, -0.2) is 4.68 Å². The van der Waals surface area contributed by atoms with Crippen molar-refractivity contribution in [3.63, 3.8) is 0 Å². The van der Waals surface area contributed by atoms with Crippen LogP contribution in [0.15, 0.2) is 36.9 Å². The summed E-state index contributed by atoms with van der Waals surface area (Å²) in [5, 5.41) is 17.7. The molecule has 0 fully saturated rings. The van der Waals surface area contributed by atoms with E-state index in [4.69, 9.17) is 16.3 Å². The molecule has 0 radical (unpaired) electrons. The summed E-state index contributed by atoms with van der Waals surface area (Å²) in [6, 6.07) is 7.07. The van der Waals surface area contributed by atoms with Gasteiger partial charge in [0.25, 0.3) is 0 Å². The lowest BCUT2D eigenvalue weighted by Crippen LogP contribution is -2.08. The molecule has 0 unspecified atom stereocenters. The average molecular weight is 280 g/mol. The minimum Gasteiger partial charge on any atom is -0.487 e. The van der Waals surface area contributed by atoms with Crippen molar-refractivity contribution in [2.45, 2.75) is 19.8 Å². The zero-order valence-electron chi connectivity index (χ0n) is 10.3. The SMILES string of the molecule is C=CCn1nnc(CO)c1COc1ccc(Cl)cc1. The van der Waals surface area contributed by atoms with E-state index >= 15 is 0 Å².